The largest absolute Gasteiger partial charge is 0.495 e. The minimum Gasteiger partial charge on any atom is -0.495 e. The molecule has 258 valence electrons. The molecule has 0 unspecified atom stereocenters. The van der Waals surface area contributed by atoms with E-state index in [1.807, 2.05) is 37.3 Å². The number of anilines is 1. The fraction of sp³-hybridized carbons (Fsp3) is 0.297. The maximum absolute atomic E-state index is 14.8. The Labute approximate surface area is 303 Å². The molecular weight excluding hydrogens is 705 g/mol. The third-order valence-electron chi connectivity index (χ3n) is 8.61. The van der Waals surface area contributed by atoms with Crippen molar-refractivity contribution in [2.24, 2.45) is 0 Å². The average molecular weight is 743 g/mol. The fourth-order valence-electron chi connectivity index (χ4n) is 5.96. The van der Waals surface area contributed by atoms with Crippen molar-refractivity contribution in [3.05, 3.63) is 123 Å². The highest BCUT2D eigenvalue weighted by atomic mass is 35.5. The number of carbonyl (C=O) groups is 2. The van der Waals surface area contributed by atoms with Gasteiger partial charge in [-0.1, -0.05) is 102 Å². The lowest BCUT2D eigenvalue weighted by Gasteiger charge is -2.34. The number of amides is 2. The monoisotopic (exact) mass is 741 g/mol. The van der Waals surface area contributed by atoms with Crippen LogP contribution in [0, 0.1) is 6.92 Å². The highest BCUT2D eigenvalue weighted by molar-refractivity contribution is 7.92. The molecule has 12 heteroatoms. The number of benzene rings is 4. The van der Waals surface area contributed by atoms with Crippen LogP contribution in [0.15, 0.2) is 95.9 Å². The number of sulfonamides is 1. The zero-order valence-corrected chi connectivity index (χ0v) is 30.3. The van der Waals surface area contributed by atoms with E-state index in [1.165, 1.54) is 30.2 Å². The molecule has 5 rings (SSSR count). The van der Waals surface area contributed by atoms with Gasteiger partial charge in [-0.3, -0.25) is 13.9 Å². The lowest BCUT2D eigenvalue weighted by Crippen LogP contribution is -2.54. The first-order valence-electron chi connectivity index (χ1n) is 16.0. The Morgan fingerprint density at radius 1 is 0.878 bits per heavy atom. The van der Waals surface area contributed by atoms with E-state index in [0.717, 1.165) is 41.1 Å². The van der Waals surface area contributed by atoms with Gasteiger partial charge >= 0.3 is 0 Å². The number of hydrogen-bond acceptors (Lipinski definition) is 5. The normalized spacial score (nSPS) is 13.9. The molecule has 4 aromatic carbocycles. The summed E-state index contributed by atoms with van der Waals surface area (Å²) in [6.07, 6.45) is 3.90. The predicted molar refractivity (Wildman–Crippen MR) is 195 cm³/mol. The summed E-state index contributed by atoms with van der Waals surface area (Å²) < 4.78 is 35.3. The molecule has 1 aliphatic rings. The summed E-state index contributed by atoms with van der Waals surface area (Å²) in [6.45, 7) is 1.15. The van der Waals surface area contributed by atoms with Crippen molar-refractivity contribution in [1.29, 1.82) is 0 Å². The van der Waals surface area contributed by atoms with Crippen LogP contribution in [-0.2, 0) is 32.6 Å². The molecule has 1 saturated carbocycles. The second-order valence-electron chi connectivity index (χ2n) is 12.1. The first kappa shape index (κ1) is 36.5. The molecule has 8 nitrogen and oxygen atoms in total. The minimum atomic E-state index is -4.35. The standard InChI is InChI=1S/C37H38Cl3N3O5S/c1-25-12-16-30(17-13-25)49(46,47)43(33-22-28(38)15-19-35(33)48-2)24-36(44)42(23-27-14-18-31(39)32(40)20-27)34(21-26-8-4-3-5-9-26)37(45)41-29-10-6-7-11-29/h3-5,8-9,12-20,22,29,34H,6-7,10-11,21,23-24H2,1-2H3,(H,41,45)/t34-/m0/s1. The lowest BCUT2D eigenvalue weighted by molar-refractivity contribution is -0.140. The van der Waals surface area contributed by atoms with Crippen molar-refractivity contribution in [3.63, 3.8) is 0 Å². The summed E-state index contributed by atoms with van der Waals surface area (Å²) in [5, 5.41) is 4.04. The molecule has 4 aromatic rings. The Bertz CT molecular complexity index is 1890. The molecule has 1 aliphatic carbocycles. The lowest BCUT2D eigenvalue weighted by atomic mass is 10.0. The summed E-state index contributed by atoms with van der Waals surface area (Å²) in [7, 11) is -2.94. The first-order chi connectivity index (χ1) is 23.5. The van der Waals surface area contributed by atoms with Crippen LogP contribution in [0.4, 0.5) is 5.69 Å². The van der Waals surface area contributed by atoms with Crippen LogP contribution in [0.2, 0.25) is 15.1 Å². The van der Waals surface area contributed by atoms with Crippen molar-refractivity contribution in [1.82, 2.24) is 10.2 Å². The van der Waals surface area contributed by atoms with Gasteiger partial charge in [-0.15, -0.1) is 0 Å². The van der Waals surface area contributed by atoms with Crippen molar-refractivity contribution in [2.45, 2.75) is 62.6 Å². The van der Waals surface area contributed by atoms with Gasteiger partial charge in [0.2, 0.25) is 11.8 Å². The van der Waals surface area contributed by atoms with Gasteiger partial charge in [0, 0.05) is 24.0 Å². The molecule has 0 spiro atoms. The van der Waals surface area contributed by atoms with Crippen LogP contribution < -0.4 is 14.4 Å². The molecule has 0 aromatic heterocycles. The number of aryl methyl sites for hydroxylation is 1. The minimum absolute atomic E-state index is 0.0122. The smallest absolute Gasteiger partial charge is 0.264 e. The van der Waals surface area contributed by atoms with Crippen molar-refractivity contribution < 1.29 is 22.7 Å². The van der Waals surface area contributed by atoms with E-state index in [9.17, 15) is 18.0 Å². The SMILES string of the molecule is COc1ccc(Cl)cc1N(CC(=O)N(Cc1ccc(Cl)c(Cl)c1)[C@@H](Cc1ccccc1)C(=O)NC1CCCC1)S(=O)(=O)c1ccc(C)cc1. The third kappa shape index (κ3) is 9.08. The molecule has 0 radical (unpaired) electrons. The second kappa shape index (κ2) is 16.3. The van der Waals surface area contributed by atoms with Gasteiger partial charge in [0.05, 0.1) is 27.7 Å². The Morgan fingerprint density at radius 3 is 2.22 bits per heavy atom. The zero-order chi connectivity index (χ0) is 35.1. The van der Waals surface area contributed by atoms with Gasteiger partial charge in [-0.2, -0.15) is 0 Å². The number of ether oxygens (including phenoxy) is 1. The molecule has 1 fully saturated rings. The maximum atomic E-state index is 14.8. The third-order valence-corrected chi connectivity index (χ3v) is 11.4. The number of nitrogens with one attached hydrogen (secondary N) is 1. The maximum Gasteiger partial charge on any atom is 0.264 e. The number of carbonyl (C=O) groups excluding carboxylic acids is 2. The van der Waals surface area contributed by atoms with Gasteiger partial charge in [0.15, 0.2) is 0 Å². The summed E-state index contributed by atoms with van der Waals surface area (Å²) in [5.74, 6) is -0.743. The average Bonchev–Trinajstić information content (AvgIpc) is 3.60. The fourth-order valence-corrected chi connectivity index (χ4v) is 7.87. The molecule has 1 atom stereocenters. The summed E-state index contributed by atoms with van der Waals surface area (Å²) >= 11 is 19.0. The van der Waals surface area contributed by atoms with Crippen LogP contribution in [0.1, 0.15) is 42.4 Å². The number of hydrogen-bond donors (Lipinski definition) is 1. The van der Waals surface area contributed by atoms with Crippen molar-refractivity contribution in [3.8, 4) is 5.75 Å². The number of methoxy groups -OCH3 is 1. The summed E-state index contributed by atoms with van der Waals surface area (Å²) in [4.78, 5) is 30.4. The van der Waals surface area contributed by atoms with Crippen LogP contribution in [-0.4, -0.2) is 50.9 Å². The molecule has 49 heavy (non-hydrogen) atoms. The predicted octanol–water partition coefficient (Wildman–Crippen LogP) is 7.86. The van der Waals surface area contributed by atoms with Crippen LogP contribution in [0.25, 0.3) is 0 Å². The highest BCUT2D eigenvalue weighted by Gasteiger charge is 2.36. The topological polar surface area (TPSA) is 96.0 Å². The zero-order valence-electron chi connectivity index (χ0n) is 27.2. The highest BCUT2D eigenvalue weighted by Crippen LogP contribution is 2.35. The molecule has 0 saturated heterocycles. The quantitative estimate of drug-likeness (QED) is 0.151. The van der Waals surface area contributed by atoms with E-state index in [-0.39, 0.29) is 51.3 Å². The van der Waals surface area contributed by atoms with Crippen LogP contribution >= 0.6 is 34.8 Å². The molecular formula is C37H38Cl3N3O5S. The Morgan fingerprint density at radius 2 is 1.57 bits per heavy atom. The summed E-state index contributed by atoms with van der Waals surface area (Å²) in [6, 6.07) is 24.3. The van der Waals surface area contributed by atoms with E-state index >= 15 is 0 Å². The van der Waals surface area contributed by atoms with Gasteiger partial charge in [-0.05, 0) is 73.4 Å². The van der Waals surface area contributed by atoms with Gasteiger partial charge in [0.25, 0.3) is 10.0 Å². The Kier molecular flexibility index (Phi) is 12.1. The van der Waals surface area contributed by atoms with Gasteiger partial charge in [-0.25, -0.2) is 8.42 Å². The second-order valence-corrected chi connectivity index (χ2v) is 15.2. The van der Waals surface area contributed by atoms with Crippen LogP contribution in [0.3, 0.4) is 0 Å². The Hall–Kier alpha value is -3.76. The number of rotatable bonds is 13. The van der Waals surface area contributed by atoms with Gasteiger partial charge in [0.1, 0.15) is 18.3 Å². The number of halogens is 3. The molecule has 0 aliphatic heterocycles. The van der Waals surface area contributed by atoms with Crippen molar-refractivity contribution >= 4 is 62.3 Å². The first-order valence-corrected chi connectivity index (χ1v) is 18.5. The molecule has 0 heterocycles. The van der Waals surface area contributed by atoms with E-state index in [4.69, 9.17) is 39.5 Å². The van der Waals surface area contributed by atoms with Crippen LogP contribution in [0.5, 0.6) is 5.75 Å². The molecule has 2 amide bonds. The van der Waals surface area contributed by atoms with E-state index in [1.54, 1.807) is 42.5 Å². The number of nitrogens with zero attached hydrogens (tertiary/aromatic N) is 2. The van der Waals surface area contributed by atoms with Crippen molar-refractivity contribution in [2.75, 3.05) is 18.0 Å². The molecule has 1 N–H and O–H groups in total. The van der Waals surface area contributed by atoms with E-state index in [0.29, 0.717) is 10.6 Å². The van der Waals surface area contributed by atoms with Gasteiger partial charge < -0.3 is 15.0 Å². The summed E-state index contributed by atoms with van der Waals surface area (Å²) in [5.41, 5.74) is 2.39. The van der Waals surface area contributed by atoms with E-state index < -0.39 is 28.5 Å². The Balaban J connectivity index is 1.61. The van der Waals surface area contributed by atoms with E-state index in [2.05, 4.69) is 5.32 Å². The molecule has 0 bridgehead atoms.